The minimum atomic E-state index is -4.45. The summed E-state index contributed by atoms with van der Waals surface area (Å²) < 4.78 is 39.7. The van der Waals surface area contributed by atoms with Crippen LogP contribution in [0.25, 0.3) is 11.4 Å². The maximum absolute atomic E-state index is 12.8. The number of rotatable bonds is 2. The lowest BCUT2D eigenvalue weighted by Gasteiger charge is -2.17. The van der Waals surface area contributed by atoms with Crippen molar-refractivity contribution >= 4 is 5.97 Å². The Kier molecular flexibility index (Phi) is 3.38. The van der Waals surface area contributed by atoms with E-state index in [1.807, 2.05) is 0 Å². The Balaban J connectivity index is 2.02. The summed E-state index contributed by atoms with van der Waals surface area (Å²) >= 11 is 0. The van der Waals surface area contributed by atoms with Crippen LogP contribution in [0.15, 0.2) is 24.3 Å². The first kappa shape index (κ1) is 14.6. The van der Waals surface area contributed by atoms with Gasteiger partial charge in [0, 0.05) is 12.1 Å². The first-order valence-electron chi connectivity index (χ1n) is 6.71. The lowest BCUT2D eigenvalue weighted by molar-refractivity contribution is -0.139. The highest BCUT2D eigenvalue weighted by Gasteiger charge is 2.32. The summed E-state index contributed by atoms with van der Waals surface area (Å²) in [5, 5.41) is 13.3. The van der Waals surface area contributed by atoms with E-state index in [0.29, 0.717) is 25.2 Å². The number of benzene rings is 1. The fraction of sp³-hybridized carbons (Fsp3) is 0.357. The number of fused-ring (bicyclic) bond motifs is 1. The number of hydrogen-bond acceptors (Lipinski definition) is 3. The summed E-state index contributed by atoms with van der Waals surface area (Å²) in [4.78, 5) is 15.4. The van der Waals surface area contributed by atoms with Gasteiger partial charge < -0.3 is 5.11 Å². The molecule has 1 unspecified atom stereocenters. The van der Waals surface area contributed by atoms with Gasteiger partial charge >= 0.3 is 12.1 Å². The van der Waals surface area contributed by atoms with E-state index in [1.165, 1.54) is 16.8 Å². The SMILES string of the molecule is O=C(O)C1CCCn2nc(-c3cccc(C(F)(F)F)c3)nc21. The smallest absolute Gasteiger partial charge is 0.416 e. The van der Waals surface area contributed by atoms with E-state index in [2.05, 4.69) is 10.1 Å². The van der Waals surface area contributed by atoms with Crippen LogP contribution in [0, 0.1) is 0 Å². The Bertz CT molecular complexity index is 724. The van der Waals surface area contributed by atoms with Crippen molar-refractivity contribution in [2.45, 2.75) is 31.5 Å². The summed E-state index contributed by atoms with van der Waals surface area (Å²) in [6, 6.07) is 4.70. The highest BCUT2D eigenvalue weighted by molar-refractivity contribution is 5.75. The Morgan fingerprint density at radius 2 is 2.14 bits per heavy atom. The second kappa shape index (κ2) is 5.11. The van der Waals surface area contributed by atoms with Gasteiger partial charge in [-0.25, -0.2) is 9.67 Å². The van der Waals surface area contributed by atoms with Crippen molar-refractivity contribution in [2.75, 3.05) is 0 Å². The van der Waals surface area contributed by atoms with Crippen LogP contribution in [0.5, 0.6) is 0 Å². The highest BCUT2D eigenvalue weighted by atomic mass is 19.4. The van der Waals surface area contributed by atoms with Gasteiger partial charge in [0.1, 0.15) is 11.7 Å². The third-order valence-electron chi connectivity index (χ3n) is 3.62. The van der Waals surface area contributed by atoms with Crippen molar-refractivity contribution in [1.82, 2.24) is 14.8 Å². The predicted octanol–water partition coefficient (Wildman–Crippen LogP) is 2.93. The average Bonchev–Trinajstić information content (AvgIpc) is 2.90. The molecule has 2 aromatic rings. The summed E-state index contributed by atoms with van der Waals surface area (Å²) in [5.74, 6) is -1.34. The molecule has 0 fully saturated rings. The molecule has 5 nitrogen and oxygen atoms in total. The molecule has 3 rings (SSSR count). The molecular weight excluding hydrogens is 299 g/mol. The van der Waals surface area contributed by atoms with E-state index in [-0.39, 0.29) is 11.4 Å². The molecule has 0 aliphatic carbocycles. The lowest BCUT2D eigenvalue weighted by Crippen LogP contribution is -2.22. The van der Waals surface area contributed by atoms with Gasteiger partial charge in [0.25, 0.3) is 0 Å². The van der Waals surface area contributed by atoms with E-state index in [0.717, 1.165) is 12.1 Å². The highest BCUT2D eigenvalue weighted by Crippen LogP contribution is 2.32. The minimum absolute atomic E-state index is 0.120. The molecule has 0 saturated carbocycles. The van der Waals surface area contributed by atoms with Crippen LogP contribution >= 0.6 is 0 Å². The minimum Gasteiger partial charge on any atom is -0.481 e. The molecule has 1 aromatic heterocycles. The molecule has 116 valence electrons. The quantitative estimate of drug-likeness (QED) is 0.926. The molecule has 0 bridgehead atoms. The number of carboxylic acid groups (broad SMARTS) is 1. The van der Waals surface area contributed by atoms with Crippen molar-refractivity contribution < 1.29 is 23.1 Å². The predicted molar refractivity (Wildman–Crippen MR) is 70.1 cm³/mol. The number of nitrogens with zero attached hydrogens (tertiary/aromatic N) is 3. The van der Waals surface area contributed by atoms with Crippen molar-refractivity contribution in [1.29, 1.82) is 0 Å². The first-order valence-corrected chi connectivity index (χ1v) is 6.71. The Labute approximate surface area is 123 Å². The van der Waals surface area contributed by atoms with Gasteiger partial charge in [-0.15, -0.1) is 0 Å². The molecule has 1 atom stereocenters. The van der Waals surface area contributed by atoms with Crippen LogP contribution in [0.4, 0.5) is 13.2 Å². The second-order valence-electron chi connectivity index (χ2n) is 5.13. The normalized spacial score (nSPS) is 18.0. The molecule has 1 aliphatic rings. The van der Waals surface area contributed by atoms with E-state index in [4.69, 9.17) is 0 Å². The lowest BCUT2D eigenvalue weighted by atomic mass is 10.00. The van der Waals surface area contributed by atoms with Crippen LogP contribution in [0.3, 0.4) is 0 Å². The molecule has 2 heterocycles. The van der Waals surface area contributed by atoms with Crippen LogP contribution < -0.4 is 0 Å². The largest absolute Gasteiger partial charge is 0.481 e. The zero-order chi connectivity index (χ0) is 15.9. The summed E-state index contributed by atoms with van der Waals surface area (Å²) in [5.41, 5.74) is -0.562. The number of hydrogen-bond donors (Lipinski definition) is 1. The third kappa shape index (κ3) is 2.56. The van der Waals surface area contributed by atoms with Crippen molar-refractivity contribution in [3.05, 3.63) is 35.7 Å². The molecule has 0 saturated heterocycles. The molecule has 22 heavy (non-hydrogen) atoms. The number of alkyl halides is 3. The Morgan fingerprint density at radius 3 is 2.82 bits per heavy atom. The van der Waals surface area contributed by atoms with Crippen molar-refractivity contribution in [2.24, 2.45) is 0 Å². The second-order valence-corrected chi connectivity index (χ2v) is 5.13. The summed E-state index contributed by atoms with van der Waals surface area (Å²) in [6.45, 7) is 0.519. The van der Waals surface area contributed by atoms with Crippen molar-refractivity contribution in [3.63, 3.8) is 0 Å². The first-order chi connectivity index (χ1) is 10.4. The van der Waals surface area contributed by atoms with Gasteiger partial charge in [-0.05, 0) is 25.0 Å². The molecule has 1 N–H and O–H groups in total. The molecule has 1 aromatic carbocycles. The van der Waals surface area contributed by atoms with Crippen LogP contribution in [-0.4, -0.2) is 25.8 Å². The molecule has 0 radical (unpaired) electrons. The number of carbonyl (C=O) groups is 1. The standard InChI is InChI=1S/C14H12F3N3O2/c15-14(16,17)9-4-1-3-8(7-9)11-18-12-10(13(21)22)5-2-6-20(12)19-11/h1,3-4,7,10H,2,5-6H2,(H,21,22). The van der Waals surface area contributed by atoms with Crippen LogP contribution in [-0.2, 0) is 17.5 Å². The average molecular weight is 311 g/mol. The van der Waals surface area contributed by atoms with Crippen LogP contribution in [0.1, 0.15) is 30.1 Å². The number of aryl methyl sites for hydroxylation is 1. The number of carboxylic acids is 1. The molecule has 1 aliphatic heterocycles. The van der Waals surface area contributed by atoms with E-state index < -0.39 is 23.6 Å². The fourth-order valence-electron chi connectivity index (χ4n) is 2.54. The van der Waals surface area contributed by atoms with Gasteiger partial charge in [-0.3, -0.25) is 4.79 Å². The fourth-order valence-corrected chi connectivity index (χ4v) is 2.54. The Hall–Kier alpha value is -2.38. The zero-order valence-corrected chi connectivity index (χ0v) is 11.3. The zero-order valence-electron chi connectivity index (χ0n) is 11.3. The molecule has 0 amide bonds. The Morgan fingerprint density at radius 1 is 1.36 bits per heavy atom. The molecule has 0 spiro atoms. The van der Waals surface area contributed by atoms with Gasteiger partial charge in [-0.2, -0.15) is 18.3 Å². The summed E-state index contributed by atoms with van der Waals surface area (Å²) in [7, 11) is 0. The van der Waals surface area contributed by atoms with Crippen LogP contribution in [0.2, 0.25) is 0 Å². The number of halogens is 3. The topological polar surface area (TPSA) is 68.0 Å². The van der Waals surface area contributed by atoms with Gasteiger partial charge in [0.2, 0.25) is 0 Å². The number of aliphatic carboxylic acids is 1. The third-order valence-corrected chi connectivity index (χ3v) is 3.62. The van der Waals surface area contributed by atoms with Gasteiger partial charge in [0.15, 0.2) is 5.82 Å². The van der Waals surface area contributed by atoms with E-state index in [9.17, 15) is 23.1 Å². The molecule has 8 heteroatoms. The maximum atomic E-state index is 12.8. The maximum Gasteiger partial charge on any atom is 0.416 e. The monoisotopic (exact) mass is 311 g/mol. The molecular formula is C14H12F3N3O2. The number of aromatic nitrogens is 3. The summed E-state index contributed by atoms with van der Waals surface area (Å²) in [6.07, 6.45) is -3.34. The van der Waals surface area contributed by atoms with Gasteiger partial charge in [-0.1, -0.05) is 12.1 Å². The van der Waals surface area contributed by atoms with Crippen molar-refractivity contribution in [3.8, 4) is 11.4 Å². The van der Waals surface area contributed by atoms with E-state index in [1.54, 1.807) is 0 Å². The van der Waals surface area contributed by atoms with Gasteiger partial charge in [0.05, 0.1) is 5.56 Å². The van der Waals surface area contributed by atoms with E-state index >= 15 is 0 Å².